The van der Waals surface area contributed by atoms with E-state index in [1.807, 2.05) is 12.3 Å². The van der Waals surface area contributed by atoms with Crippen LogP contribution in [-0.4, -0.2) is 9.91 Å². The highest BCUT2D eigenvalue weighted by Crippen LogP contribution is 2.12. The van der Waals surface area contributed by atoms with Gasteiger partial charge in [-0.25, -0.2) is 4.98 Å². The van der Waals surface area contributed by atoms with Gasteiger partial charge in [0.15, 0.2) is 0 Å². The van der Waals surface area contributed by atoms with Crippen molar-refractivity contribution < 1.29 is 4.92 Å². The number of thiazole rings is 1. The van der Waals surface area contributed by atoms with Gasteiger partial charge in [-0.1, -0.05) is 0 Å². The van der Waals surface area contributed by atoms with Gasteiger partial charge in [-0.3, -0.25) is 10.1 Å². The molecule has 0 bridgehead atoms. The molecule has 0 spiro atoms. The molecule has 1 rings (SSSR count). The number of nitro groups is 1. The SMILES string of the molecule is CC(=Cc1nc(C)cs1)[N+](=O)[O-]. The molecule has 1 aromatic heterocycles. The number of hydrogen-bond acceptors (Lipinski definition) is 4. The van der Waals surface area contributed by atoms with Crippen LogP contribution in [0.15, 0.2) is 11.1 Å². The molecule has 0 aromatic carbocycles. The maximum Gasteiger partial charge on any atom is 0.246 e. The van der Waals surface area contributed by atoms with Crippen molar-refractivity contribution in [3.8, 4) is 0 Å². The smallest absolute Gasteiger partial charge is 0.246 e. The summed E-state index contributed by atoms with van der Waals surface area (Å²) < 4.78 is 0. The van der Waals surface area contributed by atoms with Crippen LogP contribution in [0.4, 0.5) is 0 Å². The van der Waals surface area contributed by atoms with Crippen LogP contribution in [-0.2, 0) is 0 Å². The fourth-order valence-electron chi connectivity index (χ4n) is 0.670. The first-order valence-electron chi connectivity index (χ1n) is 3.34. The van der Waals surface area contributed by atoms with Crippen LogP contribution in [0.2, 0.25) is 0 Å². The first kappa shape index (κ1) is 8.86. The predicted octanol–water partition coefficient (Wildman–Crippen LogP) is 2.09. The number of nitrogens with zero attached hydrogens (tertiary/aromatic N) is 2. The van der Waals surface area contributed by atoms with Crippen LogP contribution in [0.5, 0.6) is 0 Å². The summed E-state index contributed by atoms with van der Waals surface area (Å²) in [6.45, 7) is 3.31. The van der Waals surface area contributed by atoms with Crippen LogP contribution in [0.25, 0.3) is 6.08 Å². The van der Waals surface area contributed by atoms with E-state index in [9.17, 15) is 10.1 Å². The third kappa shape index (κ3) is 2.13. The lowest BCUT2D eigenvalue weighted by Crippen LogP contribution is -1.92. The van der Waals surface area contributed by atoms with Gasteiger partial charge >= 0.3 is 0 Å². The van der Waals surface area contributed by atoms with Gasteiger partial charge < -0.3 is 0 Å². The quantitative estimate of drug-likeness (QED) is 0.522. The lowest BCUT2D eigenvalue weighted by atomic mass is 10.4. The minimum Gasteiger partial charge on any atom is -0.259 e. The number of rotatable bonds is 2. The second-order valence-corrected chi connectivity index (χ2v) is 3.26. The molecule has 1 heterocycles. The second kappa shape index (κ2) is 3.44. The molecular weight excluding hydrogens is 176 g/mol. The zero-order chi connectivity index (χ0) is 9.14. The van der Waals surface area contributed by atoms with Crippen LogP contribution in [0, 0.1) is 17.0 Å². The van der Waals surface area contributed by atoms with Crippen LogP contribution in [0.1, 0.15) is 17.6 Å². The topological polar surface area (TPSA) is 56.0 Å². The van der Waals surface area contributed by atoms with Crippen molar-refractivity contribution >= 4 is 17.4 Å². The summed E-state index contributed by atoms with van der Waals surface area (Å²) >= 11 is 1.40. The number of aryl methyl sites for hydroxylation is 1. The van der Waals surface area contributed by atoms with Gasteiger partial charge in [-0.15, -0.1) is 11.3 Å². The van der Waals surface area contributed by atoms with E-state index in [1.54, 1.807) is 0 Å². The van der Waals surface area contributed by atoms with Crippen molar-refractivity contribution in [3.05, 3.63) is 31.9 Å². The normalized spacial score (nSPS) is 11.7. The molecule has 0 amide bonds. The third-order valence-electron chi connectivity index (χ3n) is 1.26. The Labute approximate surface area is 73.7 Å². The maximum atomic E-state index is 10.2. The highest BCUT2D eigenvalue weighted by Gasteiger charge is 2.03. The fraction of sp³-hybridized carbons (Fsp3) is 0.286. The largest absolute Gasteiger partial charge is 0.259 e. The van der Waals surface area contributed by atoms with Gasteiger partial charge in [0.1, 0.15) is 5.01 Å². The molecule has 0 N–H and O–H groups in total. The lowest BCUT2D eigenvalue weighted by Gasteiger charge is -1.86. The average molecular weight is 184 g/mol. The monoisotopic (exact) mass is 184 g/mol. The van der Waals surface area contributed by atoms with E-state index in [4.69, 9.17) is 0 Å². The van der Waals surface area contributed by atoms with E-state index < -0.39 is 4.92 Å². The van der Waals surface area contributed by atoms with Crippen molar-refractivity contribution in [1.29, 1.82) is 0 Å². The average Bonchev–Trinajstić information content (AvgIpc) is 2.35. The van der Waals surface area contributed by atoms with Gasteiger partial charge in [0.05, 0.1) is 4.92 Å². The van der Waals surface area contributed by atoms with Gasteiger partial charge in [0.2, 0.25) is 5.70 Å². The molecule has 64 valence electrons. The molecule has 5 heteroatoms. The summed E-state index contributed by atoms with van der Waals surface area (Å²) in [7, 11) is 0. The molecular formula is C7H8N2O2S. The Bertz CT molecular complexity index is 330. The zero-order valence-electron chi connectivity index (χ0n) is 6.77. The molecule has 0 radical (unpaired) electrons. The van der Waals surface area contributed by atoms with Crippen LogP contribution >= 0.6 is 11.3 Å². The van der Waals surface area contributed by atoms with Crippen LogP contribution in [0.3, 0.4) is 0 Å². The van der Waals surface area contributed by atoms with E-state index in [-0.39, 0.29) is 5.70 Å². The summed E-state index contributed by atoms with van der Waals surface area (Å²) in [6, 6.07) is 0. The third-order valence-corrected chi connectivity index (χ3v) is 2.17. The first-order valence-corrected chi connectivity index (χ1v) is 4.22. The highest BCUT2D eigenvalue weighted by atomic mass is 32.1. The molecule has 0 saturated heterocycles. The molecule has 4 nitrogen and oxygen atoms in total. The summed E-state index contributed by atoms with van der Waals surface area (Å²) in [4.78, 5) is 13.9. The Morgan fingerprint density at radius 2 is 2.50 bits per heavy atom. The van der Waals surface area contributed by atoms with Crippen LogP contribution < -0.4 is 0 Å². The van der Waals surface area contributed by atoms with Crippen molar-refractivity contribution in [2.45, 2.75) is 13.8 Å². The Kier molecular flexibility index (Phi) is 2.54. The Hall–Kier alpha value is -1.23. The summed E-state index contributed by atoms with van der Waals surface area (Å²) in [5.41, 5.74) is 1.01. The van der Waals surface area contributed by atoms with E-state index in [1.165, 1.54) is 24.3 Å². The predicted molar refractivity (Wildman–Crippen MR) is 47.5 cm³/mol. The first-order chi connectivity index (χ1) is 5.59. The molecule has 0 fully saturated rings. The summed E-state index contributed by atoms with van der Waals surface area (Å²) in [5, 5.41) is 12.8. The molecule has 0 aliphatic carbocycles. The number of allylic oxidation sites excluding steroid dienone is 1. The maximum absolute atomic E-state index is 10.2. The molecule has 0 saturated carbocycles. The van der Waals surface area contributed by atoms with Gasteiger partial charge in [0, 0.05) is 24.1 Å². The van der Waals surface area contributed by atoms with E-state index in [0.717, 1.165) is 5.69 Å². The van der Waals surface area contributed by atoms with Crippen molar-refractivity contribution in [3.63, 3.8) is 0 Å². The number of hydrogen-bond donors (Lipinski definition) is 0. The minimum atomic E-state index is -0.420. The van der Waals surface area contributed by atoms with E-state index in [0.29, 0.717) is 5.01 Å². The summed E-state index contributed by atoms with van der Waals surface area (Å²) in [6.07, 6.45) is 1.47. The van der Waals surface area contributed by atoms with E-state index >= 15 is 0 Å². The van der Waals surface area contributed by atoms with Crippen molar-refractivity contribution in [2.75, 3.05) is 0 Å². The highest BCUT2D eigenvalue weighted by molar-refractivity contribution is 7.10. The Balaban J connectivity index is 2.87. The molecule has 0 aliphatic rings. The van der Waals surface area contributed by atoms with Crippen molar-refractivity contribution in [2.24, 2.45) is 0 Å². The van der Waals surface area contributed by atoms with Gasteiger partial charge in [-0.05, 0) is 6.92 Å². The molecule has 0 unspecified atom stereocenters. The lowest BCUT2D eigenvalue weighted by molar-refractivity contribution is -0.422. The molecule has 0 atom stereocenters. The minimum absolute atomic E-state index is 0.115. The van der Waals surface area contributed by atoms with Crippen molar-refractivity contribution in [1.82, 2.24) is 4.98 Å². The summed E-state index contributed by atoms with van der Waals surface area (Å²) in [5.74, 6) is 0. The zero-order valence-corrected chi connectivity index (χ0v) is 7.59. The van der Waals surface area contributed by atoms with Gasteiger partial charge in [0.25, 0.3) is 0 Å². The number of aromatic nitrogens is 1. The second-order valence-electron chi connectivity index (χ2n) is 2.37. The Morgan fingerprint density at radius 1 is 1.83 bits per heavy atom. The Morgan fingerprint density at radius 3 is 2.92 bits per heavy atom. The molecule has 0 aliphatic heterocycles. The fourth-order valence-corrected chi connectivity index (χ4v) is 1.45. The standard InChI is InChI=1S/C7H8N2O2S/c1-5-4-12-7(8-5)3-6(2)9(10)11/h3-4H,1-2H3. The van der Waals surface area contributed by atoms with Gasteiger partial charge in [-0.2, -0.15) is 0 Å². The van der Waals surface area contributed by atoms with E-state index in [2.05, 4.69) is 4.98 Å². The molecule has 1 aromatic rings. The molecule has 12 heavy (non-hydrogen) atoms.